The van der Waals surface area contributed by atoms with Crippen LogP contribution in [-0.4, -0.2) is 31.8 Å². The van der Waals surface area contributed by atoms with Gasteiger partial charge in [0.15, 0.2) is 0 Å². The molecule has 2 heterocycles. The number of ether oxygens (including phenoxy) is 1. The fourth-order valence-electron chi connectivity index (χ4n) is 2.20. The van der Waals surface area contributed by atoms with Gasteiger partial charge in [-0.05, 0) is 37.8 Å². The van der Waals surface area contributed by atoms with Crippen molar-refractivity contribution < 1.29 is 4.74 Å². The fraction of sp³-hybridized carbons (Fsp3) is 0.615. The van der Waals surface area contributed by atoms with Crippen LogP contribution in [0.2, 0.25) is 0 Å². The topological polar surface area (TPSA) is 51.4 Å². The summed E-state index contributed by atoms with van der Waals surface area (Å²) < 4.78 is 5.49. The standard InChI is InChI=1S/C13H21N3O/c1-10-12(14)5-6-13(15-10)16(2)8-11-4-3-7-17-9-11/h5-6,11H,3-4,7-9,14H2,1-2H3. The van der Waals surface area contributed by atoms with Gasteiger partial charge in [-0.2, -0.15) is 0 Å². The number of nitrogens with zero attached hydrogens (tertiary/aromatic N) is 2. The molecule has 1 fully saturated rings. The van der Waals surface area contributed by atoms with Crippen LogP contribution in [0.25, 0.3) is 0 Å². The molecule has 0 radical (unpaired) electrons. The van der Waals surface area contributed by atoms with Gasteiger partial charge in [0.05, 0.1) is 18.0 Å². The van der Waals surface area contributed by atoms with E-state index in [1.807, 2.05) is 19.1 Å². The zero-order chi connectivity index (χ0) is 12.3. The minimum atomic E-state index is 0.619. The Balaban J connectivity index is 1.98. The molecule has 17 heavy (non-hydrogen) atoms. The molecule has 0 spiro atoms. The van der Waals surface area contributed by atoms with E-state index in [9.17, 15) is 0 Å². The molecule has 1 aromatic rings. The number of anilines is 2. The Bertz CT molecular complexity index is 375. The first-order chi connectivity index (χ1) is 8.16. The van der Waals surface area contributed by atoms with Crippen LogP contribution in [0.4, 0.5) is 11.5 Å². The average Bonchev–Trinajstić information content (AvgIpc) is 2.34. The Morgan fingerprint density at radius 3 is 3.00 bits per heavy atom. The number of nitrogens with two attached hydrogens (primary N) is 1. The maximum absolute atomic E-state index is 5.77. The van der Waals surface area contributed by atoms with Gasteiger partial charge < -0.3 is 15.4 Å². The highest BCUT2D eigenvalue weighted by atomic mass is 16.5. The van der Waals surface area contributed by atoms with Gasteiger partial charge in [-0.15, -0.1) is 0 Å². The first-order valence-corrected chi connectivity index (χ1v) is 6.19. The molecule has 0 aliphatic carbocycles. The van der Waals surface area contributed by atoms with Crippen molar-refractivity contribution in [3.05, 3.63) is 17.8 Å². The maximum Gasteiger partial charge on any atom is 0.128 e. The van der Waals surface area contributed by atoms with Crippen LogP contribution in [0.3, 0.4) is 0 Å². The second kappa shape index (κ2) is 5.36. The Morgan fingerprint density at radius 2 is 2.35 bits per heavy atom. The normalized spacial score (nSPS) is 20.2. The fourth-order valence-corrected chi connectivity index (χ4v) is 2.20. The summed E-state index contributed by atoms with van der Waals surface area (Å²) in [5, 5.41) is 0. The zero-order valence-corrected chi connectivity index (χ0v) is 10.6. The van der Waals surface area contributed by atoms with Gasteiger partial charge in [0.1, 0.15) is 5.82 Å². The average molecular weight is 235 g/mol. The number of hydrogen-bond donors (Lipinski definition) is 1. The molecule has 1 saturated heterocycles. The van der Waals surface area contributed by atoms with Crippen LogP contribution in [-0.2, 0) is 4.74 Å². The van der Waals surface area contributed by atoms with Gasteiger partial charge in [-0.1, -0.05) is 0 Å². The van der Waals surface area contributed by atoms with Gasteiger partial charge in [0, 0.05) is 20.2 Å². The Morgan fingerprint density at radius 1 is 1.53 bits per heavy atom. The van der Waals surface area contributed by atoms with Gasteiger partial charge in [0.25, 0.3) is 0 Å². The zero-order valence-electron chi connectivity index (χ0n) is 10.6. The lowest BCUT2D eigenvalue weighted by Crippen LogP contribution is -2.31. The minimum absolute atomic E-state index is 0.619. The molecule has 0 aromatic carbocycles. The lowest BCUT2D eigenvalue weighted by atomic mass is 10.0. The van der Waals surface area contributed by atoms with Crippen LogP contribution in [0.1, 0.15) is 18.5 Å². The predicted octanol–water partition coefficient (Wildman–Crippen LogP) is 1.84. The van der Waals surface area contributed by atoms with E-state index in [1.165, 1.54) is 12.8 Å². The molecule has 2 N–H and O–H groups in total. The molecule has 1 aliphatic rings. The molecule has 0 saturated carbocycles. The molecule has 2 rings (SSSR count). The van der Waals surface area contributed by atoms with Gasteiger partial charge in [-0.25, -0.2) is 4.98 Å². The smallest absolute Gasteiger partial charge is 0.128 e. The molecule has 0 bridgehead atoms. The Kier molecular flexibility index (Phi) is 3.84. The lowest BCUT2D eigenvalue weighted by molar-refractivity contribution is 0.0576. The number of rotatable bonds is 3. The monoisotopic (exact) mass is 235 g/mol. The molecular weight excluding hydrogens is 214 g/mol. The summed E-state index contributed by atoms with van der Waals surface area (Å²) in [6, 6.07) is 3.90. The molecule has 0 amide bonds. The van der Waals surface area contributed by atoms with E-state index in [2.05, 4.69) is 16.9 Å². The minimum Gasteiger partial charge on any atom is -0.397 e. The highest BCUT2D eigenvalue weighted by molar-refractivity contribution is 5.50. The van der Waals surface area contributed by atoms with Crippen molar-refractivity contribution in [3.63, 3.8) is 0 Å². The summed E-state index contributed by atoms with van der Waals surface area (Å²) in [6.07, 6.45) is 2.42. The first-order valence-electron chi connectivity index (χ1n) is 6.19. The molecule has 1 aromatic heterocycles. The number of nitrogen functional groups attached to an aromatic ring is 1. The SMILES string of the molecule is Cc1nc(N(C)CC2CCCOC2)ccc1N. The van der Waals surface area contributed by atoms with E-state index in [0.717, 1.165) is 37.0 Å². The number of hydrogen-bond acceptors (Lipinski definition) is 4. The Hall–Kier alpha value is -1.29. The van der Waals surface area contributed by atoms with Crippen molar-refractivity contribution in [2.24, 2.45) is 5.92 Å². The van der Waals surface area contributed by atoms with Crippen LogP contribution in [0, 0.1) is 12.8 Å². The maximum atomic E-state index is 5.77. The summed E-state index contributed by atoms with van der Waals surface area (Å²) in [5.41, 5.74) is 7.42. The van der Waals surface area contributed by atoms with Crippen molar-refractivity contribution in [2.45, 2.75) is 19.8 Å². The third-order valence-corrected chi connectivity index (χ3v) is 3.29. The summed E-state index contributed by atoms with van der Waals surface area (Å²) in [6.45, 7) is 4.73. The third kappa shape index (κ3) is 3.09. The van der Waals surface area contributed by atoms with Crippen LogP contribution in [0.5, 0.6) is 0 Å². The molecular formula is C13H21N3O. The lowest BCUT2D eigenvalue weighted by Gasteiger charge is -2.28. The number of aromatic nitrogens is 1. The highest BCUT2D eigenvalue weighted by Crippen LogP contribution is 2.19. The van der Waals surface area contributed by atoms with E-state index >= 15 is 0 Å². The Labute approximate surface area is 103 Å². The van der Waals surface area contributed by atoms with Crippen molar-refractivity contribution in [2.75, 3.05) is 37.4 Å². The molecule has 94 valence electrons. The van der Waals surface area contributed by atoms with Crippen LogP contribution >= 0.6 is 0 Å². The number of aryl methyl sites for hydroxylation is 1. The van der Waals surface area contributed by atoms with Crippen molar-refractivity contribution in [3.8, 4) is 0 Å². The molecule has 1 atom stereocenters. The van der Waals surface area contributed by atoms with Crippen molar-refractivity contribution in [1.29, 1.82) is 0 Å². The van der Waals surface area contributed by atoms with Crippen LogP contribution in [0.15, 0.2) is 12.1 Å². The largest absolute Gasteiger partial charge is 0.397 e. The molecule has 4 heteroatoms. The summed E-state index contributed by atoms with van der Waals surface area (Å²) in [4.78, 5) is 6.68. The van der Waals surface area contributed by atoms with E-state index in [0.29, 0.717) is 5.92 Å². The second-order valence-electron chi connectivity index (χ2n) is 4.81. The predicted molar refractivity (Wildman–Crippen MR) is 70.2 cm³/mol. The highest BCUT2D eigenvalue weighted by Gasteiger charge is 2.16. The first kappa shape index (κ1) is 12.2. The van der Waals surface area contributed by atoms with Crippen molar-refractivity contribution >= 4 is 11.5 Å². The van der Waals surface area contributed by atoms with Gasteiger partial charge in [-0.3, -0.25) is 0 Å². The quantitative estimate of drug-likeness (QED) is 0.868. The summed E-state index contributed by atoms with van der Waals surface area (Å²) >= 11 is 0. The third-order valence-electron chi connectivity index (χ3n) is 3.29. The van der Waals surface area contributed by atoms with Crippen LogP contribution < -0.4 is 10.6 Å². The van der Waals surface area contributed by atoms with E-state index in [4.69, 9.17) is 10.5 Å². The van der Waals surface area contributed by atoms with Gasteiger partial charge in [0.2, 0.25) is 0 Å². The van der Waals surface area contributed by atoms with E-state index in [1.54, 1.807) is 0 Å². The van der Waals surface area contributed by atoms with Gasteiger partial charge >= 0.3 is 0 Å². The van der Waals surface area contributed by atoms with E-state index in [-0.39, 0.29) is 0 Å². The second-order valence-corrected chi connectivity index (χ2v) is 4.81. The number of pyridine rings is 1. The summed E-state index contributed by atoms with van der Waals surface area (Å²) in [5.74, 6) is 1.61. The summed E-state index contributed by atoms with van der Waals surface area (Å²) in [7, 11) is 2.08. The molecule has 4 nitrogen and oxygen atoms in total. The molecule has 1 aliphatic heterocycles. The van der Waals surface area contributed by atoms with E-state index < -0.39 is 0 Å². The van der Waals surface area contributed by atoms with Crippen molar-refractivity contribution in [1.82, 2.24) is 4.98 Å². The molecule has 1 unspecified atom stereocenters.